The third kappa shape index (κ3) is 2.17. The second-order valence-corrected chi connectivity index (χ2v) is 3.04. The Morgan fingerprint density at radius 2 is 2.31 bits per heavy atom. The van der Waals surface area contributed by atoms with Crippen molar-refractivity contribution >= 4 is 0 Å². The Morgan fingerprint density at radius 1 is 1.44 bits per heavy atom. The Hall–Kier alpha value is -2.35. The summed E-state index contributed by atoms with van der Waals surface area (Å²) in [5.41, 5.74) is 0.829. The molecular formula is C11H7FN2O2. The lowest BCUT2D eigenvalue weighted by Gasteiger charge is -2.04. The molecule has 1 aromatic carbocycles. The van der Waals surface area contributed by atoms with Gasteiger partial charge in [0, 0.05) is 6.07 Å². The van der Waals surface area contributed by atoms with Crippen LogP contribution in [-0.4, -0.2) is 5.16 Å². The first-order chi connectivity index (χ1) is 7.79. The number of nitrogens with zero attached hydrogens (tertiary/aromatic N) is 2. The summed E-state index contributed by atoms with van der Waals surface area (Å²) in [6, 6.07) is 7.49. The fourth-order valence-electron chi connectivity index (χ4n) is 1.15. The van der Waals surface area contributed by atoms with Gasteiger partial charge in [-0.15, -0.1) is 0 Å². The monoisotopic (exact) mass is 218 g/mol. The Bertz CT molecular complexity index is 517. The fourth-order valence-corrected chi connectivity index (χ4v) is 1.15. The van der Waals surface area contributed by atoms with Crippen molar-refractivity contribution in [1.29, 1.82) is 5.26 Å². The SMILES string of the molecule is N#Cc1ccc(OCc2ccon2)c(F)c1. The summed E-state index contributed by atoms with van der Waals surface area (Å²) in [6.07, 6.45) is 1.41. The van der Waals surface area contributed by atoms with Crippen LogP contribution in [-0.2, 0) is 6.61 Å². The lowest BCUT2D eigenvalue weighted by Crippen LogP contribution is -1.97. The van der Waals surface area contributed by atoms with Crippen LogP contribution in [0.25, 0.3) is 0 Å². The minimum absolute atomic E-state index is 0.0852. The smallest absolute Gasteiger partial charge is 0.166 e. The molecule has 0 amide bonds. The van der Waals surface area contributed by atoms with Crippen LogP contribution in [0.3, 0.4) is 0 Å². The van der Waals surface area contributed by atoms with E-state index in [2.05, 4.69) is 9.68 Å². The number of hydrogen-bond donors (Lipinski definition) is 0. The number of rotatable bonds is 3. The molecule has 0 radical (unpaired) electrons. The zero-order chi connectivity index (χ0) is 11.4. The molecule has 16 heavy (non-hydrogen) atoms. The summed E-state index contributed by atoms with van der Waals surface area (Å²) in [4.78, 5) is 0. The zero-order valence-electron chi connectivity index (χ0n) is 8.18. The zero-order valence-corrected chi connectivity index (χ0v) is 8.18. The fraction of sp³-hybridized carbons (Fsp3) is 0.0909. The molecular weight excluding hydrogens is 211 g/mol. The first-order valence-corrected chi connectivity index (χ1v) is 4.51. The van der Waals surface area contributed by atoms with Gasteiger partial charge in [-0.1, -0.05) is 5.16 Å². The van der Waals surface area contributed by atoms with E-state index in [1.165, 1.54) is 18.4 Å². The highest BCUT2D eigenvalue weighted by Gasteiger charge is 2.05. The van der Waals surface area contributed by atoms with E-state index >= 15 is 0 Å². The maximum atomic E-state index is 13.3. The van der Waals surface area contributed by atoms with Crippen LogP contribution in [0.1, 0.15) is 11.3 Å². The average Bonchev–Trinajstić information content (AvgIpc) is 2.80. The van der Waals surface area contributed by atoms with Gasteiger partial charge in [0.1, 0.15) is 18.6 Å². The Labute approximate surface area is 90.9 Å². The molecule has 0 unspecified atom stereocenters. The average molecular weight is 218 g/mol. The molecule has 2 rings (SSSR count). The summed E-state index contributed by atoms with van der Waals surface area (Å²) < 4.78 is 23.1. The summed E-state index contributed by atoms with van der Waals surface area (Å²) in [7, 11) is 0. The molecule has 0 fully saturated rings. The highest BCUT2D eigenvalue weighted by molar-refractivity contribution is 5.36. The van der Waals surface area contributed by atoms with E-state index in [9.17, 15) is 4.39 Å². The molecule has 5 heteroatoms. The lowest BCUT2D eigenvalue weighted by atomic mass is 10.2. The van der Waals surface area contributed by atoms with Crippen molar-refractivity contribution in [3.63, 3.8) is 0 Å². The van der Waals surface area contributed by atoms with Crippen molar-refractivity contribution in [3.05, 3.63) is 47.6 Å². The van der Waals surface area contributed by atoms with Gasteiger partial charge in [0.05, 0.1) is 11.6 Å². The molecule has 0 aliphatic carbocycles. The molecule has 1 heterocycles. The highest BCUT2D eigenvalue weighted by Crippen LogP contribution is 2.18. The summed E-state index contributed by atoms with van der Waals surface area (Å²) in [5, 5.41) is 12.2. The third-order valence-corrected chi connectivity index (χ3v) is 1.93. The van der Waals surface area contributed by atoms with Gasteiger partial charge in [0.2, 0.25) is 0 Å². The van der Waals surface area contributed by atoms with Crippen molar-refractivity contribution in [3.8, 4) is 11.8 Å². The standard InChI is InChI=1S/C11H7FN2O2/c12-10-5-8(6-13)1-2-11(10)15-7-9-3-4-16-14-9/h1-5H,7H2. The predicted molar refractivity (Wildman–Crippen MR) is 52.0 cm³/mol. The van der Waals surface area contributed by atoms with Gasteiger partial charge in [0.25, 0.3) is 0 Å². The largest absolute Gasteiger partial charge is 0.484 e. The van der Waals surface area contributed by atoms with Crippen LogP contribution in [0.15, 0.2) is 35.1 Å². The van der Waals surface area contributed by atoms with E-state index in [0.717, 1.165) is 6.07 Å². The first-order valence-electron chi connectivity index (χ1n) is 4.51. The number of hydrogen-bond acceptors (Lipinski definition) is 4. The van der Waals surface area contributed by atoms with Gasteiger partial charge in [-0.2, -0.15) is 5.26 Å². The quantitative estimate of drug-likeness (QED) is 0.792. The van der Waals surface area contributed by atoms with Crippen molar-refractivity contribution in [2.75, 3.05) is 0 Å². The second-order valence-electron chi connectivity index (χ2n) is 3.04. The molecule has 0 spiro atoms. The number of halogens is 1. The van der Waals surface area contributed by atoms with E-state index in [0.29, 0.717) is 5.69 Å². The van der Waals surface area contributed by atoms with Crippen LogP contribution < -0.4 is 4.74 Å². The molecule has 0 N–H and O–H groups in total. The Kier molecular flexibility index (Phi) is 2.83. The Morgan fingerprint density at radius 3 is 2.94 bits per heavy atom. The molecule has 0 saturated carbocycles. The molecule has 0 atom stereocenters. The van der Waals surface area contributed by atoms with Crippen LogP contribution in [0, 0.1) is 17.1 Å². The number of nitriles is 1. The maximum absolute atomic E-state index is 13.3. The molecule has 0 saturated heterocycles. The minimum Gasteiger partial charge on any atom is -0.484 e. The third-order valence-electron chi connectivity index (χ3n) is 1.93. The van der Waals surface area contributed by atoms with E-state index in [1.54, 1.807) is 6.07 Å². The van der Waals surface area contributed by atoms with Gasteiger partial charge in [0.15, 0.2) is 11.6 Å². The van der Waals surface area contributed by atoms with E-state index < -0.39 is 5.82 Å². The maximum Gasteiger partial charge on any atom is 0.166 e. The van der Waals surface area contributed by atoms with Crippen LogP contribution in [0.2, 0.25) is 0 Å². The van der Waals surface area contributed by atoms with E-state index in [-0.39, 0.29) is 17.9 Å². The highest BCUT2D eigenvalue weighted by atomic mass is 19.1. The van der Waals surface area contributed by atoms with Crippen LogP contribution in [0.4, 0.5) is 4.39 Å². The lowest BCUT2D eigenvalue weighted by molar-refractivity contribution is 0.276. The molecule has 0 aliphatic heterocycles. The Balaban J connectivity index is 2.08. The molecule has 4 nitrogen and oxygen atoms in total. The second kappa shape index (κ2) is 4.45. The topological polar surface area (TPSA) is 59.0 Å². The summed E-state index contributed by atoms with van der Waals surface area (Å²) in [5.74, 6) is -0.482. The van der Waals surface area contributed by atoms with Crippen molar-refractivity contribution in [2.24, 2.45) is 0 Å². The first kappa shape index (κ1) is 10.2. The van der Waals surface area contributed by atoms with E-state index in [4.69, 9.17) is 10.00 Å². The minimum atomic E-state index is -0.567. The molecule has 2 aromatic rings. The van der Waals surface area contributed by atoms with Crippen LogP contribution in [0.5, 0.6) is 5.75 Å². The number of ether oxygens (including phenoxy) is 1. The number of benzene rings is 1. The van der Waals surface area contributed by atoms with Gasteiger partial charge in [-0.25, -0.2) is 4.39 Å². The molecule has 0 bridgehead atoms. The predicted octanol–water partition coefficient (Wildman–Crippen LogP) is 2.26. The van der Waals surface area contributed by atoms with Crippen molar-refractivity contribution < 1.29 is 13.7 Å². The molecule has 1 aromatic heterocycles. The number of aromatic nitrogens is 1. The normalized spacial score (nSPS) is 9.75. The van der Waals surface area contributed by atoms with Gasteiger partial charge >= 0.3 is 0 Å². The van der Waals surface area contributed by atoms with Crippen molar-refractivity contribution in [1.82, 2.24) is 5.16 Å². The van der Waals surface area contributed by atoms with Crippen LogP contribution >= 0.6 is 0 Å². The van der Waals surface area contributed by atoms with Gasteiger partial charge in [-0.05, 0) is 18.2 Å². The van der Waals surface area contributed by atoms with Gasteiger partial charge in [-0.3, -0.25) is 0 Å². The van der Waals surface area contributed by atoms with E-state index in [1.807, 2.05) is 6.07 Å². The molecule has 0 aliphatic rings. The van der Waals surface area contributed by atoms with Crippen molar-refractivity contribution in [2.45, 2.75) is 6.61 Å². The summed E-state index contributed by atoms with van der Waals surface area (Å²) >= 11 is 0. The summed E-state index contributed by atoms with van der Waals surface area (Å²) in [6.45, 7) is 0.124. The van der Waals surface area contributed by atoms with Gasteiger partial charge < -0.3 is 9.26 Å². The molecule has 80 valence electrons.